The third-order valence-electron chi connectivity index (χ3n) is 2.99. The number of Topliss-reactive ketones (excluding diaryl/α,β-unsaturated/α-hetero) is 1. The lowest BCUT2D eigenvalue weighted by molar-refractivity contribution is 0.0967. The van der Waals surface area contributed by atoms with Crippen LogP contribution in [0.5, 0.6) is 0 Å². The van der Waals surface area contributed by atoms with Crippen LogP contribution in [-0.2, 0) is 19.5 Å². The molecule has 2 aromatic rings. The van der Waals surface area contributed by atoms with E-state index in [0.717, 1.165) is 6.42 Å². The van der Waals surface area contributed by atoms with Crippen LogP contribution in [0, 0.1) is 5.92 Å². The number of rotatable bonds is 6. The second kappa shape index (κ2) is 6.43. The van der Waals surface area contributed by atoms with E-state index in [9.17, 15) is 4.79 Å². The molecule has 20 heavy (non-hydrogen) atoms. The van der Waals surface area contributed by atoms with E-state index < -0.39 is 0 Å². The van der Waals surface area contributed by atoms with Crippen molar-refractivity contribution in [2.24, 2.45) is 11.7 Å². The summed E-state index contributed by atoms with van der Waals surface area (Å²) >= 11 is 0. The Labute approximate surface area is 118 Å². The monoisotopic (exact) mass is 272 g/mol. The number of hydrogen-bond acceptors (Lipinski definition) is 4. The van der Waals surface area contributed by atoms with Crippen molar-refractivity contribution >= 4 is 5.78 Å². The molecule has 0 fully saturated rings. The van der Waals surface area contributed by atoms with Crippen LogP contribution in [0.15, 0.2) is 30.5 Å². The first-order valence-electron chi connectivity index (χ1n) is 6.79. The molecule has 5 nitrogen and oxygen atoms in total. The summed E-state index contributed by atoms with van der Waals surface area (Å²) in [7, 11) is 0. The Bertz CT molecular complexity index is 589. The second-order valence-electron chi connectivity index (χ2n) is 5.33. The Balaban J connectivity index is 2.08. The highest BCUT2D eigenvalue weighted by atomic mass is 16.1. The normalized spacial score (nSPS) is 11.0. The van der Waals surface area contributed by atoms with Gasteiger partial charge in [-0.2, -0.15) is 0 Å². The van der Waals surface area contributed by atoms with Crippen molar-refractivity contribution < 1.29 is 4.79 Å². The van der Waals surface area contributed by atoms with Gasteiger partial charge in [0.05, 0.1) is 11.9 Å². The van der Waals surface area contributed by atoms with Crippen LogP contribution in [0.25, 0.3) is 0 Å². The largest absolute Gasteiger partial charge is 0.325 e. The predicted molar refractivity (Wildman–Crippen MR) is 77.2 cm³/mol. The second-order valence-corrected chi connectivity index (χ2v) is 5.33. The van der Waals surface area contributed by atoms with Crippen LogP contribution in [0.1, 0.15) is 35.5 Å². The third kappa shape index (κ3) is 3.74. The van der Waals surface area contributed by atoms with Gasteiger partial charge >= 0.3 is 0 Å². The number of carbonyl (C=O) groups excluding carboxylic acids is 1. The standard InChI is InChI=1S/C15H20N4O/c1-11(2)6-12-4-3-5-13(7-12)15(20)10-19-9-14(8-16)17-18-19/h3-5,7,9,11H,6,8,10,16H2,1-2H3. The summed E-state index contributed by atoms with van der Waals surface area (Å²) < 4.78 is 1.53. The van der Waals surface area contributed by atoms with Crippen LogP contribution in [-0.4, -0.2) is 20.8 Å². The summed E-state index contributed by atoms with van der Waals surface area (Å²) in [6.45, 7) is 4.85. The predicted octanol–water partition coefficient (Wildman–Crippen LogP) is 1.82. The molecule has 0 saturated carbocycles. The van der Waals surface area contributed by atoms with Gasteiger partial charge in [0.15, 0.2) is 5.78 Å². The minimum absolute atomic E-state index is 0.0316. The fourth-order valence-corrected chi connectivity index (χ4v) is 2.09. The zero-order valence-electron chi connectivity index (χ0n) is 11.9. The van der Waals surface area contributed by atoms with Gasteiger partial charge in [0.2, 0.25) is 0 Å². The third-order valence-corrected chi connectivity index (χ3v) is 2.99. The first-order valence-corrected chi connectivity index (χ1v) is 6.79. The van der Waals surface area contributed by atoms with Gasteiger partial charge < -0.3 is 5.73 Å². The molecule has 0 aliphatic carbocycles. The number of benzene rings is 1. The zero-order valence-corrected chi connectivity index (χ0v) is 11.9. The van der Waals surface area contributed by atoms with Gasteiger partial charge in [-0.3, -0.25) is 4.79 Å². The van der Waals surface area contributed by atoms with E-state index in [-0.39, 0.29) is 12.3 Å². The molecule has 1 heterocycles. The Hall–Kier alpha value is -2.01. The lowest BCUT2D eigenvalue weighted by Crippen LogP contribution is -2.11. The molecule has 0 spiro atoms. The SMILES string of the molecule is CC(C)Cc1cccc(C(=O)Cn2cc(CN)nn2)c1. The number of nitrogens with two attached hydrogens (primary N) is 1. The minimum atomic E-state index is 0.0316. The highest BCUT2D eigenvalue weighted by molar-refractivity contribution is 5.96. The molecule has 0 unspecified atom stereocenters. The van der Waals surface area contributed by atoms with E-state index in [1.165, 1.54) is 10.2 Å². The maximum Gasteiger partial charge on any atom is 0.184 e. The molecule has 2 N–H and O–H groups in total. The molecule has 0 radical (unpaired) electrons. The van der Waals surface area contributed by atoms with Crippen molar-refractivity contribution in [2.75, 3.05) is 0 Å². The van der Waals surface area contributed by atoms with Gasteiger partial charge in [0.1, 0.15) is 6.54 Å². The molecule has 106 valence electrons. The highest BCUT2D eigenvalue weighted by Crippen LogP contribution is 2.11. The topological polar surface area (TPSA) is 73.8 Å². The first-order chi connectivity index (χ1) is 9.58. The molecule has 0 bridgehead atoms. The lowest BCUT2D eigenvalue weighted by Gasteiger charge is -2.07. The van der Waals surface area contributed by atoms with E-state index in [2.05, 4.69) is 30.2 Å². The van der Waals surface area contributed by atoms with E-state index in [4.69, 9.17) is 5.73 Å². The van der Waals surface area contributed by atoms with Crippen LogP contribution >= 0.6 is 0 Å². The van der Waals surface area contributed by atoms with E-state index in [0.29, 0.717) is 23.7 Å². The number of nitrogens with zero attached hydrogens (tertiary/aromatic N) is 3. The minimum Gasteiger partial charge on any atom is -0.325 e. The van der Waals surface area contributed by atoms with E-state index in [1.807, 2.05) is 18.2 Å². The van der Waals surface area contributed by atoms with Crippen LogP contribution in [0.3, 0.4) is 0 Å². The van der Waals surface area contributed by atoms with Gasteiger partial charge in [-0.15, -0.1) is 5.10 Å². The summed E-state index contributed by atoms with van der Waals surface area (Å²) in [5, 5.41) is 7.76. The molecule has 0 saturated heterocycles. The first kappa shape index (κ1) is 14.4. The molecule has 5 heteroatoms. The molecule has 0 aliphatic rings. The molecular formula is C15H20N4O. The van der Waals surface area contributed by atoms with Crippen LogP contribution in [0.4, 0.5) is 0 Å². The molecule has 0 amide bonds. The maximum atomic E-state index is 12.2. The Kier molecular flexibility index (Phi) is 4.63. The number of carbonyl (C=O) groups is 1. The summed E-state index contributed by atoms with van der Waals surface area (Å²) in [5.41, 5.74) is 8.06. The number of ketones is 1. The van der Waals surface area contributed by atoms with Gasteiger partial charge in [0, 0.05) is 12.1 Å². The summed E-state index contributed by atoms with van der Waals surface area (Å²) in [5.74, 6) is 0.604. The average molecular weight is 272 g/mol. The van der Waals surface area contributed by atoms with Gasteiger partial charge in [-0.1, -0.05) is 37.3 Å². The number of hydrogen-bond donors (Lipinski definition) is 1. The molecule has 0 atom stereocenters. The van der Waals surface area contributed by atoms with Crippen molar-refractivity contribution in [1.82, 2.24) is 15.0 Å². The molecular weight excluding hydrogens is 252 g/mol. The smallest absolute Gasteiger partial charge is 0.184 e. The van der Waals surface area contributed by atoms with Crippen molar-refractivity contribution in [3.05, 3.63) is 47.3 Å². The van der Waals surface area contributed by atoms with E-state index in [1.54, 1.807) is 6.20 Å². The summed E-state index contributed by atoms with van der Waals surface area (Å²) in [6.07, 6.45) is 2.68. The molecule has 2 rings (SSSR count). The average Bonchev–Trinajstić information content (AvgIpc) is 2.86. The quantitative estimate of drug-likeness (QED) is 0.814. The number of aromatic nitrogens is 3. The Morgan fingerprint density at radius 3 is 2.85 bits per heavy atom. The fourth-order valence-electron chi connectivity index (χ4n) is 2.09. The summed E-state index contributed by atoms with van der Waals surface area (Å²) in [6, 6.07) is 7.78. The van der Waals surface area contributed by atoms with Crippen molar-refractivity contribution in [3.8, 4) is 0 Å². The molecule has 1 aromatic carbocycles. The fraction of sp³-hybridized carbons (Fsp3) is 0.400. The van der Waals surface area contributed by atoms with Crippen LogP contribution < -0.4 is 5.73 Å². The zero-order chi connectivity index (χ0) is 14.5. The van der Waals surface area contributed by atoms with Gasteiger partial charge in [-0.25, -0.2) is 4.68 Å². The van der Waals surface area contributed by atoms with Gasteiger partial charge in [0.25, 0.3) is 0 Å². The Morgan fingerprint density at radius 2 is 2.20 bits per heavy atom. The summed E-state index contributed by atoms with van der Waals surface area (Å²) in [4.78, 5) is 12.2. The van der Waals surface area contributed by atoms with Crippen molar-refractivity contribution in [2.45, 2.75) is 33.4 Å². The van der Waals surface area contributed by atoms with Crippen molar-refractivity contribution in [1.29, 1.82) is 0 Å². The molecule has 1 aromatic heterocycles. The highest BCUT2D eigenvalue weighted by Gasteiger charge is 2.09. The maximum absolute atomic E-state index is 12.2. The van der Waals surface area contributed by atoms with Gasteiger partial charge in [-0.05, 0) is 24.0 Å². The molecule has 0 aliphatic heterocycles. The lowest BCUT2D eigenvalue weighted by atomic mass is 10.00. The van der Waals surface area contributed by atoms with Crippen molar-refractivity contribution in [3.63, 3.8) is 0 Å². The Morgan fingerprint density at radius 1 is 1.40 bits per heavy atom. The van der Waals surface area contributed by atoms with E-state index >= 15 is 0 Å². The van der Waals surface area contributed by atoms with Crippen LogP contribution in [0.2, 0.25) is 0 Å².